The van der Waals surface area contributed by atoms with Gasteiger partial charge < -0.3 is 0 Å². The Labute approximate surface area is 97.3 Å². The second-order valence-electron chi connectivity index (χ2n) is 3.21. The highest BCUT2D eigenvalue weighted by molar-refractivity contribution is 9.08. The summed E-state index contributed by atoms with van der Waals surface area (Å²) >= 11 is 3.47. The first-order chi connectivity index (χ1) is 7.35. The average molecular weight is 266 g/mol. The Hall–Kier alpha value is -1.16. The molecular formula is C11H12BrN3. The fraction of sp³-hybridized carbons (Fsp3) is 0.273. The van der Waals surface area contributed by atoms with Crippen LogP contribution in [-0.4, -0.2) is 14.8 Å². The minimum absolute atomic E-state index is 0.804. The summed E-state index contributed by atoms with van der Waals surface area (Å²) < 4.78 is 1.93. The summed E-state index contributed by atoms with van der Waals surface area (Å²) in [4.78, 5) is 4.31. The van der Waals surface area contributed by atoms with Crippen molar-refractivity contribution in [3.05, 3.63) is 36.2 Å². The van der Waals surface area contributed by atoms with E-state index in [9.17, 15) is 0 Å². The Balaban J connectivity index is 2.47. The lowest BCUT2D eigenvalue weighted by Gasteiger charge is -1.97. The van der Waals surface area contributed by atoms with Crippen LogP contribution in [0.5, 0.6) is 0 Å². The van der Waals surface area contributed by atoms with E-state index in [4.69, 9.17) is 0 Å². The number of nitrogens with zero attached hydrogens (tertiary/aromatic N) is 3. The van der Waals surface area contributed by atoms with Crippen LogP contribution >= 0.6 is 15.9 Å². The van der Waals surface area contributed by atoms with Gasteiger partial charge in [0.15, 0.2) is 0 Å². The van der Waals surface area contributed by atoms with Gasteiger partial charge in [-0.1, -0.05) is 22.0 Å². The molecule has 0 saturated carbocycles. The van der Waals surface area contributed by atoms with E-state index in [0.29, 0.717) is 0 Å². The molecule has 0 unspecified atom stereocenters. The van der Waals surface area contributed by atoms with Gasteiger partial charge in [-0.3, -0.25) is 9.67 Å². The number of aromatic nitrogens is 3. The topological polar surface area (TPSA) is 30.7 Å². The Bertz CT molecular complexity index is 436. The summed E-state index contributed by atoms with van der Waals surface area (Å²) in [6.45, 7) is 2.96. The van der Waals surface area contributed by atoms with E-state index >= 15 is 0 Å². The lowest BCUT2D eigenvalue weighted by molar-refractivity contribution is 0.661. The molecule has 2 aromatic heterocycles. The molecule has 0 saturated heterocycles. The fourth-order valence-corrected chi connectivity index (χ4v) is 1.85. The van der Waals surface area contributed by atoms with Gasteiger partial charge in [-0.25, -0.2) is 0 Å². The van der Waals surface area contributed by atoms with E-state index in [1.165, 1.54) is 5.56 Å². The molecule has 2 aromatic rings. The summed E-state index contributed by atoms with van der Waals surface area (Å²) in [7, 11) is 0. The van der Waals surface area contributed by atoms with Crippen LogP contribution in [0.1, 0.15) is 12.5 Å². The van der Waals surface area contributed by atoms with Gasteiger partial charge in [-0.15, -0.1) is 0 Å². The molecule has 2 heterocycles. The SMILES string of the molecule is CCn1cc(CBr)c(-c2ccccn2)n1. The fourth-order valence-electron chi connectivity index (χ4n) is 1.44. The predicted octanol–water partition coefficient (Wildman–Crippen LogP) is 2.86. The maximum atomic E-state index is 4.49. The predicted molar refractivity (Wildman–Crippen MR) is 63.8 cm³/mol. The number of alkyl halides is 1. The minimum atomic E-state index is 0.804. The van der Waals surface area contributed by atoms with Gasteiger partial charge >= 0.3 is 0 Å². The van der Waals surface area contributed by atoms with Crippen LogP contribution in [0, 0.1) is 0 Å². The van der Waals surface area contributed by atoms with Crippen molar-refractivity contribution >= 4 is 15.9 Å². The molecule has 0 aliphatic rings. The van der Waals surface area contributed by atoms with Gasteiger partial charge in [-0.05, 0) is 19.1 Å². The van der Waals surface area contributed by atoms with Gasteiger partial charge in [0, 0.05) is 29.8 Å². The van der Waals surface area contributed by atoms with Crippen LogP contribution in [0.4, 0.5) is 0 Å². The molecule has 0 aliphatic heterocycles. The summed E-state index contributed by atoms with van der Waals surface area (Å²) in [5, 5.41) is 5.30. The monoisotopic (exact) mass is 265 g/mol. The average Bonchev–Trinajstić information content (AvgIpc) is 2.73. The molecular weight excluding hydrogens is 254 g/mol. The number of hydrogen-bond acceptors (Lipinski definition) is 2. The minimum Gasteiger partial charge on any atom is -0.272 e. The third-order valence-corrected chi connectivity index (χ3v) is 2.82. The highest BCUT2D eigenvalue weighted by Gasteiger charge is 2.09. The highest BCUT2D eigenvalue weighted by Crippen LogP contribution is 2.21. The summed E-state index contributed by atoms with van der Waals surface area (Å²) in [6, 6.07) is 5.87. The van der Waals surface area contributed by atoms with Gasteiger partial charge in [-0.2, -0.15) is 5.10 Å². The third kappa shape index (κ3) is 2.09. The molecule has 0 aromatic carbocycles. The zero-order valence-electron chi connectivity index (χ0n) is 8.52. The Morgan fingerprint density at radius 3 is 2.87 bits per heavy atom. The zero-order valence-corrected chi connectivity index (χ0v) is 10.1. The van der Waals surface area contributed by atoms with Crippen LogP contribution in [0.2, 0.25) is 0 Å². The quantitative estimate of drug-likeness (QED) is 0.800. The van der Waals surface area contributed by atoms with Crippen LogP contribution in [-0.2, 0) is 11.9 Å². The molecule has 0 atom stereocenters. The van der Waals surface area contributed by atoms with Crippen molar-refractivity contribution in [2.24, 2.45) is 0 Å². The van der Waals surface area contributed by atoms with Crippen LogP contribution in [0.25, 0.3) is 11.4 Å². The second-order valence-corrected chi connectivity index (χ2v) is 3.77. The smallest absolute Gasteiger partial charge is 0.115 e. The van der Waals surface area contributed by atoms with Gasteiger partial charge in [0.1, 0.15) is 5.69 Å². The molecule has 4 heteroatoms. The van der Waals surface area contributed by atoms with E-state index in [-0.39, 0.29) is 0 Å². The van der Waals surface area contributed by atoms with Crippen molar-refractivity contribution < 1.29 is 0 Å². The summed E-state index contributed by atoms with van der Waals surface area (Å²) in [5.74, 6) is 0. The first-order valence-electron chi connectivity index (χ1n) is 4.89. The molecule has 0 spiro atoms. The van der Waals surface area contributed by atoms with Gasteiger partial charge in [0.2, 0.25) is 0 Å². The summed E-state index contributed by atoms with van der Waals surface area (Å²) in [6.07, 6.45) is 3.84. The largest absolute Gasteiger partial charge is 0.272 e. The van der Waals surface area contributed by atoms with Crippen LogP contribution in [0.15, 0.2) is 30.6 Å². The molecule has 15 heavy (non-hydrogen) atoms. The van der Waals surface area contributed by atoms with Crippen molar-refractivity contribution in [1.29, 1.82) is 0 Å². The van der Waals surface area contributed by atoms with Gasteiger partial charge in [0.05, 0.1) is 5.69 Å². The van der Waals surface area contributed by atoms with E-state index in [1.54, 1.807) is 6.20 Å². The number of rotatable bonds is 3. The van der Waals surface area contributed by atoms with E-state index in [1.807, 2.05) is 22.9 Å². The standard InChI is InChI=1S/C11H12BrN3/c1-2-15-8-9(7-12)11(14-15)10-5-3-4-6-13-10/h3-6,8H,2,7H2,1H3. The molecule has 78 valence electrons. The Morgan fingerprint density at radius 2 is 2.27 bits per heavy atom. The molecule has 0 radical (unpaired) electrons. The van der Waals surface area contributed by atoms with Crippen LogP contribution < -0.4 is 0 Å². The number of aryl methyl sites for hydroxylation is 1. The van der Waals surface area contributed by atoms with Crippen molar-refractivity contribution in [1.82, 2.24) is 14.8 Å². The molecule has 0 fully saturated rings. The zero-order chi connectivity index (χ0) is 10.7. The van der Waals surface area contributed by atoms with Gasteiger partial charge in [0.25, 0.3) is 0 Å². The van der Waals surface area contributed by atoms with E-state index in [0.717, 1.165) is 23.3 Å². The second kappa shape index (κ2) is 4.57. The Kier molecular flexibility index (Phi) is 3.16. The summed E-state index contributed by atoms with van der Waals surface area (Å²) in [5.41, 5.74) is 3.07. The number of hydrogen-bond donors (Lipinski definition) is 0. The third-order valence-electron chi connectivity index (χ3n) is 2.21. The van der Waals surface area contributed by atoms with E-state index < -0.39 is 0 Å². The van der Waals surface area contributed by atoms with Crippen molar-refractivity contribution in [2.75, 3.05) is 0 Å². The maximum absolute atomic E-state index is 4.49. The molecule has 0 amide bonds. The van der Waals surface area contributed by atoms with E-state index in [2.05, 4.69) is 39.1 Å². The highest BCUT2D eigenvalue weighted by atomic mass is 79.9. The molecule has 0 aliphatic carbocycles. The van der Waals surface area contributed by atoms with Crippen molar-refractivity contribution in [2.45, 2.75) is 18.8 Å². The number of halogens is 1. The first kappa shape index (κ1) is 10.4. The van der Waals surface area contributed by atoms with Crippen molar-refractivity contribution in [3.8, 4) is 11.4 Å². The normalized spacial score (nSPS) is 10.5. The lowest BCUT2D eigenvalue weighted by atomic mass is 10.2. The lowest BCUT2D eigenvalue weighted by Crippen LogP contribution is -1.94. The van der Waals surface area contributed by atoms with Crippen LogP contribution in [0.3, 0.4) is 0 Å². The molecule has 0 N–H and O–H groups in total. The molecule has 2 rings (SSSR count). The first-order valence-corrected chi connectivity index (χ1v) is 6.01. The molecule has 3 nitrogen and oxygen atoms in total. The number of pyridine rings is 1. The maximum Gasteiger partial charge on any atom is 0.115 e. The van der Waals surface area contributed by atoms with Crippen molar-refractivity contribution in [3.63, 3.8) is 0 Å². The molecule has 0 bridgehead atoms. The Morgan fingerprint density at radius 1 is 1.40 bits per heavy atom.